The van der Waals surface area contributed by atoms with Crippen molar-refractivity contribution in [2.24, 2.45) is 0 Å². The molecule has 7 heteroatoms. The minimum absolute atomic E-state index is 0.227. The van der Waals surface area contributed by atoms with E-state index in [1.165, 1.54) is 24.3 Å². The zero-order chi connectivity index (χ0) is 25.8. The minimum Gasteiger partial charge on any atom is -0.497 e. The second-order valence-corrected chi connectivity index (χ2v) is 8.61. The Balaban J connectivity index is 1.91. The van der Waals surface area contributed by atoms with E-state index in [-0.39, 0.29) is 24.0 Å². The van der Waals surface area contributed by atoms with Gasteiger partial charge in [-0.15, -0.1) is 0 Å². The average molecular weight is 489 g/mol. The molecule has 0 spiro atoms. The van der Waals surface area contributed by atoms with Crippen molar-refractivity contribution in [3.63, 3.8) is 0 Å². The monoisotopic (exact) mass is 488 g/mol. The quantitative estimate of drug-likeness (QED) is 0.291. The van der Waals surface area contributed by atoms with Crippen LogP contribution >= 0.6 is 0 Å². The Bertz CT molecular complexity index is 1390. The fraction of sp³-hybridized carbons (Fsp3) is 0.172. The van der Waals surface area contributed by atoms with Gasteiger partial charge in [-0.1, -0.05) is 36.4 Å². The molecule has 0 radical (unpaired) electrons. The summed E-state index contributed by atoms with van der Waals surface area (Å²) in [5.41, 5.74) is 3.47. The number of carbonyl (C=O) groups excluding carboxylic acids is 2. The van der Waals surface area contributed by atoms with Gasteiger partial charge in [0.05, 0.1) is 12.8 Å². The molecule has 0 aliphatic carbocycles. The van der Waals surface area contributed by atoms with Crippen LogP contribution in [0.5, 0.6) is 5.75 Å². The molecule has 1 N–H and O–H groups in total. The molecule has 0 atom stereocenters. The molecular formula is C29H26F2N2O3. The molecule has 0 saturated carbocycles. The van der Waals surface area contributed by atoms with Crippen LogP contribution in [0, 0.1) is 11.6 Å². The number of aromatic nitrogens is 1. The van der Waals surface area contributed by atoms with Crippen LogP contribution in [0.3, 0.4) is 0 Å². The van der Waals surface area contributed by atoms with Crippen LogP contribution in [-0.4, -0.2) is 23.9 Å². The number of methoxy groups -OCH3 is 1. The highest BCUT2D eigenvalue weighted by molar-refractivity contribution is 6.08. The number of nitrogens with zero attached hydrogens (tertiary/aromatic N) is 1. The van der Waals surface area contributed by atoms with Gasteiger partial charge < -0.3 is 14.6 Å². The third-order valence-electron chi connectivity index (χ3n) is 5.94. The Morgan fingerprint density at radius 1 is 0.944 bits per heavy atom. The van der Waals surface area contributed by atoms with Crippen LogP contribution in [0.2, 0.25) is 0 Å². The predicted octanol–water partition coefficient (Wildman–Crippen LogP) is 6.43. The minimum atomic E-state index is -0.426. The van der Waals surface area contributed by atoms with Gasteiger partial charge in [-0.3, -0.25) is 9.59 Å². The van der Waals surface area contributed by atoms with Gasteiger partial charge in [0, 0.05) is 23.7 Å². The standard InChI is InChI=1S/C29H26F2N2O3/c1-18(2)33-25(17-34)26(20-7-11-22(30)12-8-20)27(21-9-13-23(31)14-10-21)28(33)29(35)32-16-19-5-4-6-24(15-19)36-3/h4-15,17-18H,16H2,1-3H3,(H,32,35). The predicted molar refractivity (Wildman–Crippen MR) is 135 cm³/mol. The number of ether oxygens (including phenoxy) is 1. The van der Waals surface area contributed by atoms with Crippen molar-refractivity contribution in [1.29, 1.82) is 0 Å². The summed E-state index contributed by atoms with van der Waals surface area (Å²) in [6.45, 7) is 3.97. The fourth-order valence-electron chi connectivity index (χ4n) is 4.34. The molecule has 5 nitrogen and oxygen atoms in total. The van der Waals surface area contributed by atoms with E-state index < -0.39 is 17.5 Å². The largest absolute Gasteiger partial charge is 0.497 e. The summed E-state index contributed by atoms with van der Waals surface area (Å²) < 4.78 is 34.4. The maximum Gasteiger partial charge on any atom is 0.268 e. The summed E-state index contributed by atoms with van der Waals surface area (Å²) in [6, 6.07) is 18.5. The van der Waals surface area contributed by atoms with Gasteiger partial charge in [-0.2, -0.15) is 0 Å². The Morgan fingerprint density at radius 3 is 2.06 bits per heavy atom. The second kappa shape index (κ2) is 10.6. The summed E-state index contributed by atoms with van der Waals surface area (Å²) in [5.74, 6) is -0.581. The average Bonchev–Trinajstić information content (AvgIpc) is 3.24. The fourth-order valence-corrected chi connectivity index (χ4v) is 4.34. The van der Waals surface area contributed by atoms with Crippen molar-refractivity contribution in [2.45, 2.75) is 26.4 Å². The Morgan fingerprint density at radius 2 is 1.53 bits per heavy atom. The van der Waals surface area contributed by atoms with E-state index in [2.05, 4.69) is 5.32 Å². The van der Waals surface area contributed by atoms with Crippen molar-refractivity contribution < 1.29 is 23.1 Å². The lowest BCUT2D eigenvalue weighted by Gasteiger charge is -2.16. The summed E-state index contributed by atoms with van der Waals surface area (Å²) in [7, 11) is 1.57. The normalized spacial score (nSPS) is 10.9. The molecule has 1 amide bonds. The maximum atomic E-state index is 13.8. The van der Waals surface area contributed by atoms with Crippen molar-refractivity contribution in [2.75, 3.05) is 7.11 Å². The first kappa shape index (κ1) is 24.9. The molecule has 0 fully saturated rings. The summed E-state index contributed by atoms with van der Waals surface area (Å²) in [4.78, 5) is 26.1. The summed E-state index contributed by atoms with van der Waals surface area (Å²) in [5, 5.41) is 2.94. The van der Waals surface area contributed by atoms with E-state index in [4.69, 9.17) is 4.74 Å². The van der Waals surface area contributed by atoms with Crippen LogP contribution in [-0.2, 0) is 6.54 Å². The Hall–Kier alpha value is -4.26. The van der Waals surface area contributed by atoms with Crippen molar-refractivity contribution >= 4 is 12.2 Å². The Kier molecular flexibility index (Phi) is 7.29. The van der Waals surface area contributed by atoms with Crippen LogP contribution in [0.1, 0.15) is 46.4 Å². The van der Waals surface area contributed by atoms with Gasteiger partial charge in [0.25, 0.3) is 5.91 Å². The molecule has 1 heterocycles. The SMILES string of the molecule is COc1cccc(CNC(=O)c2c(-c3ccc(F)cc3)c(-c3ccc(F)cc3)c(C=O)n2C(C)C)c1. The van der Waals surface area contributed by atoms with Gasteiger partial charge in [-0.25, -0.2) is 8.78 Å². The maximum absolute atomic E-state index is 13.8. The number of halogens is 2. The number of rotatable bonds is 8. The molecule has 4 aromatic rings. The molecular weight excluding hydrogens is 462 g/mol. The number of aldehydes is 1. The first-order valence-electron chi connectivity index (χ1n) is 11.5. The number of nitrogens with one attached hydrogen (secondary N) is 1. The molecule has 1 aromatic heterocycles. The number of amides is 1. The van der Waals surface area contributed by atoms with Crippen LogP contribution in [0.4, 0.5) is 8.78 Å². The molecule has 3 aromatic carbocycles. The van der Waals surface area contributed by atoms with E-state index in [1.807, 2.05) is 38.1 Å². The first-order chi connectivity index (χ1) is 17.3. The molecule has 0 aliphatic rings. The van der Waals surface area contributed by atoms with Crippen molar-refractivity contribution in [3.05, 3.63) is 101 Å². The topological polar surface area (TPSA) is 60.3 Å². The zero-order valence-corrected chi connectivity index (χ0v) is 20.2. The third kappa shape index (κ3) is 4.91. The highest BCUT2D eigenvalue weighted by atomic mass is 19.1. The highest BCUT2D eigenvalue weighted by Crippen LogP contribution is 2.41. The molecule has 0 saturated heterocycles. The molecule has 36 heavy (non-hydrogen) atoms. The van der Waals surface area contributed by atoms with E-state index in [0.717, 1.165) is 5.56 Å². The van der Waals surface area contributed by atoms with Gasteiger partial charge in [0.15, 0.2) is 6.29 Å². The van der Waals surface area contributed by atoms with Crippen LogP contribution < -0.4 is 10.1 Å². The van der Waals surface area contributed by atoms with E-state index in [0.29, 0.717) is 34.3 Å². The Labute approximate surface area is 208 Å². The number of benzene rings is 3. The second-order valence-electron chi connectivity index (χ2n) is 8.61. The van der Waals surface area contributed by atoms with Gasteiger partial charge in [0.1, 0.15) is 23.1 Å². The molecule has 4 rings (SSSR count). The van der Waals surface area contributed by atoms with Crippen LogP contribution in [0.25, 0.3) is 22.3 Å². The lowest BCUT2D eigenvalue weighted by Crippen LogP contribution is -2.27. The lowest BCUT2D eigenvalue weighted by molar-refractivity contribution is 0.0940. The van der Waals surface area contributed by atoms with Crippen LogP contribution in [0.15, 0.2) is 72.8 Å². The molecule has 0 aliphatic heterocycles. The third-order valence-corrected chi connectivity index (χ3v) is 5.94. The smallest absolute Gasteiger partial charge is 0.268 e. The zero-order valence-electron chi connectivity index (χ0n) is 20.2. The van der Waals surface area contributed by atoms with E-state index in [1.54, 1.807) is 35.9 Å². The first-order valence-corrected chi connectivity index (χ1v) is 11.5. The number of hydrogen-bond donors (Lipinski definition) is 1. The van der Waals surface area contributed by atoms with E-state index >= 15 is 0 Å². The number of carbonyl (C=O) groups is 2. The van der Waals surface area contributed by atoms with Gasteiger partial charge >= 0.3 is 0 Å². The molecule has 0 bridgehead atoms. The van der Waals surface area contributed by atoms with Gasteiger partial charge in [-0.05, 0) is 66.9 Å². The molecule has 184 valence electrons. The van der Waals surface area contributed by atoms with E-state index in [9.17, 15) is 18.4 Å². The van der Waals surface area contributed by atoms with Crippen molar-refractivity contribution in [1.82, 2.24) is 9.88 Å². The number of hydrogen-bond acceptors (Lipinski definition) is 3. The summed E-state index contributed by atoms with van der Waals surface area (Å²) in [6.07, 6.45) is 0.699. The highest BCUT2D eigenvalue weighted by Gasteiger charge is 2.30. The molecule has 0 unspecified atom stereocenters. The van der Waals surface area contributed by atoms with Gasteiger partial charge in [0.2, 0.25) is 0 Å². The lowest BCUT2D eigenvalue weighted by atomic mass is 9.94. The summed E-state index contributed by atoms with van der Waals surface area (Å²) >= 11 is 0. The van der Waals surface area contributed by atoms with Crippen molar-refractivity contribution in [3.8, 4) is 28.0 Å².